The fourth-order valence-electron chi connectivity index (χ4n) is 4.06. The highest BCUT2D eigenvalue weighted by molar-refractivity contribution is 5.91. The van der Waals surface area contributed by atoms with Crippen molar-refractivity contribution >= 4 is 30.0 Å². The fourth-order valence-corrected chi connectivity index (χ4v) is 4.06. The highest BCUT2D eigenvalue weighted by Crippen LogP contribution is 2.25. The molecule has 0 bridgehead atoms. The molecule has 3 rings (SSSR count). The van der Waals surface area contributed by atoms with Crippen LogP contribution in [0.4, 0.5) is 0 Å². The second-order valence-corrected chi connectivity index (χ2v) is 10.4. The molecule has 0 fully saturated rings. The molecule has 10 heteroatoms. The zero-order valence-corrected chi connectivity index (χ0v) is 27.0. The number of unbranched alkanes of at least 4 members (excludes halogenated alkanes) is 3. The Balaban J connectivity index is 1.38. The van der Waals surface area contributed by atoms with Crippen LogP contribution in [0.3, 0.4) is 0 Å². The van der Waals surface area contributed by atoms with Crippen LogP contribution in [0.25, 0.3) is 6.08 Å². The third kappa shape index (κ3) is 13.8. The Morgan fingerprint density at radius 2 is 1.12 bits per heavy atom. The monoisotopic (exact) mass is 656 g/mol. The normalized spacial score (nSPS) is 10.5. The van der Waals surface area contributed by atoms with Crippen LogP contribution in [0.1, 0.15) is 53.6 Å². The Hall–Kier alpha value is -5.64. The number of hydrogen-bond acceptors (Lipinski definition) is 10. The molecule has 0 spiro atoms. The molecule has 0 aliphatic carbocycles. The molecule has 3 aromatic carbocycles. The highest BCUT2D eigenvalue weighted by atomic mass is 16.5. The first kappa shape index (κ1) is 36.8. The maximum absolute atomic E-state index is 12.7. The van der Waals surface area contributed by atoms with E-state index in [1.54, 1.807) is 67.6 Å². The van der Waals surface area contributed by atoms with Gasteiger partial charge in [0.1, 0.15) is 23.0 Å². The van der Waals surface area contributed by atoms with E-state index in [4.69, 9.17) is 28.4 Å². The Bertz CT molecular complexity index is 1560. The second kappa shape index (κ2) is 20.5. The predicted octanol–water partition coefficient (Wildman–Crippen LogP) is 7.00. The van der Waals surface area contributed by atoms with Gasteiger partial charge in [0.2, 0.25) is 0 Å². The molecule has 0 saturated heterocycles. The summed E-state index contributed by atoms with van der Waals surface area (Å²) in [6, 6.07) is 18.6. The Morgan fingerprint density at radius 3 is 1.71 bits per heavy atom. The minimum absolute atomic E-state index is 0.311. The number of esters is 4. The van der Waals surface area contributed by atoms with Crippen molar-refractivity contribution < 1.29 is 47.6 Å². The van der Waals surface area contributed by atoms with E-state index in [0.29, 0.717) is 67.0 Å². The third-order valence-corrected chi connectivity index (χ3v) is 6.64. The molecule has 10 nitrogen and oxygen atoms in total. The van der Waals surface area contributed by atoms with E-state index in [1.807, 2.05) is 12.1 Å². The minimum atomic E-state index is -0.559. The van der Waals surface area contributed by atoms with Crippen LogP contribution in [-0.4, -0.2) is 50.3 Å². The quantitative estimate of drug-likeness (QED) is 0.0544. The number of benzene rings is 3. The van der Waals surface area contributed by atoms with Gasteiger partial charge in [0.25, 0.3) is 0 Å². The summed E-state index contributed by atoms with van der Waals surface area (Å²) in [7, 11) is 0. The zero-order chi connectivity index (χ0) is 34.6. The van der Waals surface area contributed by atoms with E-state index < -0.39 is 23.9 Å². The zero-order valence-electron chi connectivity index (χ0n) is 27.0. The molecule has 0 heterocycles. The average molecular weight is 657 g/mol. The molecular formula is C38H40O10. The molecule has 0 saturated carbocycles. The van der Waals surface area contributed by atoms with Gasteiger partial charge in [-0.3, -0.25) is 0 Å². The molecule has 252 valence electrons. The lowest BCUT2D eigenvalue weighted by Crippen LogP contribution is -2.09. The number of carbonyl (C=O) groups excluding carboxylic acids is 4. The largest absolute Gasteiger partial charge is 0.494 e. The smallest absolute Gasteiger partial charge is 0.343 e. The Kier molecular flexibility index (Phi) is 15.7. The van der Waals surface area contributed by atoms with Gasteiger partial charge in [-0.2, -0.15) is 0 Å². The van der Waals surface area contributed by atoms with E-state index in [9.17, 15) is 19.2 Å². The lowest BCUT2D eigenvalue weighted by molar-refractivity contribution is -0.138. The summed E-state index contributed by atoms with van der Waals surface area (Å²) in [5, 5.41) is 0. The molecular weight excluding hydrogens is 616 g/mol. The van der Waals surface area contributed by atoms with Gasteiger partial charge >= 0.3 is 23.9 Å². The summed E-state index contributed by atoms with van der Waals surface area (Å²) in [6.07, 6.45) is 9.02. The first-order valence-electron chi connectivity index (χ1n) is 15.5. The van der Waals surface area contributed by atoms with Crippen molar-refractivity contribution in [1.82, 2.24) is 0 Å². The van der Waals surface area contributed by atoms with Crippen LogP contribution >= 0.6 is 0 Å². The molecule has 0 N–H and O–H groups in total. The van der Waals surface area contributed by atoms with Crippen LogP contribution < -0.4 is 18.9 Å². The van der Waals surface area contributed by atoms with Gasteiger partial charge in [-0.15, -0.1) is 0 Å². The summed E-state index contributed by atoms with van der Waals surface area (Å²) in [5.41, 5.74) is 1.76. The summed E-state index contributed by atoms with van der Waals surface area (Å²) >= 11 is 0. The van der Waals surface area contributed by atoms with E-state index in [1.165, 1.54) is 6.08 Å². The van der Waals surface area contributed by atoms with Gasteiger partial charge in [0.05, 0.1) is 32.0 Å². The van der Waals surface area contributed by atoms with E-state index >= 15 is 0 Å². The van der Waals surface area contributed by atoms with Crippen LogP contribution in [0.15, 0.2) is 98.1 Å². The van der Waals surface area contributed by atoms with Crippen molar-refractivity contribution in [1.29, 1.82) is 0 Å². The van der Waals surface area contributed by atoms with Crippen LogP contribution in [0.2, 0.25) is 0 Å². The molecule has 0 atom stereocenters. The number of rotatable bonds is 20. The Labute approximate surface area is 280 Å². The maximum Gasteiger partial charge on any atom is 0.343 e. The van der Waals surface area contributed by atoms with Crippen molar-refractivity contribution in [3.63, 3.8) is 0 Å². The van der Waals surface area contributed by atoms with Crippen molar-refractivity contribution in [2.24, 2.45) is 0 Å². The molecule has 0 unspecified atom stereocenters. The summed E-state index contributed by atoms with van der Waals surface area (Å²) in [5.74, 6) is 0.00457. The topological polar surface area (TPSA) is 124 Å². The summed E-state index contributed by atoms with van der Waals surface area (Å²) in [4.78, 5) is 47.1. The summed E-state index contributed by atoms with van der Waals surface area (Å²) in [6.45, 7) is 10.1. The maximum atomic E-state index is 12.7. The summed E-state index contributed by atoms with van der Waals surface area (Å²) < 4.78 is 32.2. The van der Waals surface area contributed by atoms with Crippen molar-refractivity contribution in [2.75, 3.05) is 26.4 Å². The molecule has 3 aromatic rings. The molecule has 0 amide bonds. The van der Waals surface area contributed by atoms with E-state index in [2.05, 4.69) is 13.2 Å². The minimum Gasteiger partial charge on any atom is -0.494 e. The van der Waals surface area contributed by atoms with Crippen LogP contribution in [0.5, 0.6) is 23.0 Å². The SMILES string of the molecule is C=CC(=O)OCCCCCOc1ccc(C(=O)Oc2ccc(OC(=O)/C=C/c3ccc(OCCCCOC(=O)C=C)cc3)c(C)c2)cc1. The van der Waals surface area contributed by atoms with Crippen LogP contribution in [-0.2, 0) is 23.9 Å². The number of carbonyl (C=O) groups is 4. The first-order valence-corrected chi connectivity index (χ1v) is 15.5. The van der Waals surface area contributed by atoms with E-state index in [-0.39, 0.29) is 0 Å². The molecule has 0 aliphatic rings. The van der Waals surface area contributed by atoms with Gasteiger partial charge in [-0.25, -0.2) is 19.2 Å². The third-order valence-electron chi connectivity index (χ3n) is 6.64. The van der Waals surface area contributed by atoms with Gasteiger partial charge in [0.15, 0.2) is 0 Å². The number of ether oxygens (including phenoxy) is 6. The van der Waals surface area contributed by atoms with Gasteiger partial charge < -0.3 is 28.4 Å². The van der Waals surface area contributed by atoms with Crippen molar-refractivity contribution in [2.45, 2.75) is 39.0 Å². The number of hydrogen-bond donors (Lipinski definition) is 0. The fraction of sp³-hybridized carbons (Fsp3) is 0.263. The molecule has 0 aliphatic heterocycles. The number of aryl methyl sites for hydroxylation is 1. The average Bonchev–Trinajstić information content (AvgIpc) is 3.10. The van der Waals surface area contributed by atoms with Crippen molar-refractivity contribution in [3.05, 3.63) is 115 Å². The van der Waals surface area contributed by atoms with Gasteiger partial charge in [0, 0.05) is 18.2 Å². The van der Waals surface area contributed by atoms with E-state index in [0.717, 1.165) is 43.4 Å². The standard InChI is InChI=1S/C38H40O10/c1-4-35(39)45-25-8-6-7-23-43-32-18-14-30(15-19-32)38(42)47-33-20-21-34(28(3)27-33)48-37(41)22-13-29-11-16-31(17-12-29)44-24-9-10-26-46-36(40)5-2/h4-5,11-22,27H,1-2,6-10,23-26H2,3H3/b22-13+. The molecule has 48 heavy (non-hydrogen) atoms. The first-order chi connectivity index (χ1) is 23.3. The molecule has 0 aromatic heterocycles. The Morgan fingerprint density at radius 1 is 0.604 bits per heavy atom. The molecule has 0 radical (unpaired) electrons. The van der Waals surface area contributed by atoms with Crippen molar-refractivity contribution in [3.8, 4) is 23.0 Å². The van der Waals surface area contributed by atoms with Gasteiger partial charge in [-0.1, -0.05) is 25.3 Å². The lowest BCUT2D eigenvalue weighted by Gasteiger charge is -2.10. The predicted molar refractivity (Wildman–Crippen MR) is 180 cm³/mol. The van der Waals surface area contributed by atoms with Gasteiger partial charge in [-0.05, 0) is 111 Å². The highest BCUT2D eigenvalue weighted by Gasteiger charge is 2.12. The second-order valence-electron chi connectivity index (χ2n) is 10.4. The lowest BCUT2D eigenvalue weighted by atomic mass is 10.2. The van der Waals surface area contributed by atoms with Crippen LogP contribution in [0, 0.1) is 6.92 Å².